The van der Waals surface area contributed by atoms with Gasteiger partial charge in [-0.1, -0.05) is 0 Å². The summed E-state index contributed by atoms with van der Waals surface area (Å²) < 4.78 is 7.87. The van der Waals surface area contributed by atoms with E-state index in [4.69, 9.17) is 10.5 Å². The largest absolute Gasteiger partial charge is 0.399 e. The standard InChI is InChI=1S/C14H18N2OS/c1-18-14-7-11(15)6-13-12(14)4-5-16(13)9-17-8-10-2-3-10/h4-7,10H,2-3,8-9,15H2,1H3. The predicted octanol–water partition coefficient (Wildman–Crippen LogP) is 3.33. The number of benzene rings is 1. The van der Waals surface area contributed by atoms with Gasteiger partial charge in [0.2, 0.25) is 0 Å². The van der Waals surface area contributed by atoms with Gasteiger partial charge < -0.3 is 15.0 Å². The molecule has 18 heavy (non-hydrogen) atoms. The lowest BCUT2D eigenvalue weighted by Gasteiger charge is -2.08. The summed E-state index contributed by atoms with van der Waals surface area (Å²) in [5, 5.41) is 1.26. The van der Waals surface area contributed by atoms with Crippen molar-refractivity contribution in [2.75, 3.05) is 18.6 Å². The van der Waals surface area contributed by atoms with Crippen LogP contribution < -0.4 is 5.73 Å². The minimum atomic E-state index is 0.622. The van der Waals surface area contributed by atoms with E-state index in [1.54, 1.807) is 11.8 Å². The molecule has 0 spiro atoms. The normalized spacial score (nSPS) is 15.4. The van der Waals surface area contributed by atoms with Gasteiger partial charge in [-0.05, 0) is 43.2 Å². The van der Waals surface area contributed by atoms with Gasteiger partial charge in [-0.3, -0.25) is 0 Å². The van der Waals surface area contributed by atoms with Crippen LogP contribution in [0.5, 0.6) is 0 Å². The number of anilines is 1. The Hall–Kier alpha value is -1.13. The van der Waals surface area contributed by atoms with Crippen molar-refractivity contribution in [3.05, 3.63) is 24.4 Å². The van der Waals surface area contributed by atoms with Gasteiger partial charge in [0.1, 0.15) is 6.73 Å². The Labute approximate surface area is 111 Å². The molecule has 3 nitrogen and oxygen atoms in total. The number of rotatable bonds is 5. The Morgan fingerprint density at radius 3 is 3.00 bits per heavy atom. The van der Waals surface area contributed by atoms with Gasteiger partial charge in [0.15, 0.2) is 0 Å². The molecule has 1 aromatic carbocycles. The summed E-state index contributed by atoms with van der Waals surface area (Å²) in [6.07, 6.45) is 6.82. The summed E-state index contributed by atoms with van der Waals surface area (Å²) in [6.45, 7) is 1.51. The monoisotopic (exact) mass is 262 g/mol. The summed E-state index contributed by atoms with van der Waals surface area (Å²) in [4.78, 5) is 1.23. The van der Waals surface area contributed by atoms with Crippen LogP contribution in [-0.2, 0) is 11.5 Å². The molecule has 0 radical (unpaired) electrons. The van der Waals surface area contributed by atoms with Crippen LogP contribution in [0, 0.1) is 5.92 Å². The van der Waals surface area contributed by atoms with Crippen LogP contribution in [-0.4, -0.2) is 17.4 Å². The van der Waals surface area contributed by atoms with Crippen molar-refractivity contribution in [2.24, 2.45) is 5.92 Å². The van der Waals surface area contributed by atoms with E-state index in [-0.39, 0.29) is 0 Å². The highest BCUT2D eigenvalue weighted by atomic mass is 32.2. The van der Waals surface area contributed by atoms with Gasteiger partial charge in [0.25, 0.3) is 0 Å². The molecule has 3 rings (SSSR count). The molecule has 0 saturated heterocycles. The zero-order valence-electron chi connectivity index (χ0n) is 10.6. The lowest BCUT2D eigenvalue weighted by Crippen LogP contribution is -2.03. The number of ether oxygens (including phenoxy) is 1. The highest BCUT2D eigenvalue weighted by molar-refractivity contribution is 7.98. The van der Waals surface area contributed by atoms with Crippen molar-refractivity contribution in [3.8, 4) is 0 Å². The van der Waals surface area contributed by atoms with Crippen LogP contribution in [0.1, 0.15) is 12.8 Å². The molecular weight excluding hydrogens is 244 g/mol. The minimum absolute atomic E-state index is 0.622. The maximum absolute atomic E-state index is 5.95. The topological polar surface area (TPSA) is 40.2 Å². The lowest BCUT2D eigenvalue weighted by atomic mass is 10.2. The van der Waals surface area contributed by atoms with E-state index in [1.807, 2.05) is 12.1 Å². The van der Waals surface area contributed by atoms with E-state index in [0.29, 0.717) is 6.73 Å². The molecule has 1 fully saturated rings. The third-order valence-corrected chi connectivity index (χ3v) is 4.15. The average Bonchev–Trinajstić information content (AvgIpc) is 3.10. The minimum Gasteiger partial charge on any atom is -0.399 e. The average molecular weight is 262 g/mol. The number of thioether (sulfide) groups is 1. The molecule has 0 bridgehead atoms. The maximum Gasteiger partial charge on any atom is 0.122 e. The van der Waals surface area contributed by atoms with Gasteiger partial charge in [-0.15, -0.1) is 11.8 Å². The Kier molecular flexibility index (Phi) is 3.22. The number of hydrogen-bond acceptors (Lipinski definition) is 3. The van der Waals surface area contributed by atoms with Crippen LogP contribution in [0.25, 0.3) is 10.9 Å². The number of nitrogens with zero attached hydrogens (tertiary/aromatic N) is 1. The Bertz CT molecular complexity index is 560. The molecule has 1 heterocycles. The van der Waals surface area contributed by atoms with E-state index < -0.39 is 0 Å². The van der Waals surface area contributed by atoms with Gasteiger partial charge >= 0.3 is 0 Å². The molecule has 2 N–H and O–H groups in total. The third kappa shape index (κ3) is 2.35. The summed E-state index contributed by atoms with van der Waals surface area (Å²) >= 11 is 1.73. The number of nitrogen functional groups attached to an aromatic ring is 1. The molecule has 1 aliphatic rings. The van der Waals surface area contributed by atoms with Crippen molar-refractivity contribution in [2.45, 2.75) is 24.5 Å². The first-order chi connectivity index (χ1) is 8.78. The maximum atomic E-state index is 5.95. The van der Waals surface area contributed by atoms with Crippen LogP contribution in [0.3, 0.4) is 0 Å². The molecule has 0 aliphatic heterocycles. The van der Waals surface area contributed by atoms with Crippen LogP contribution >= 0.6 is 11.8 Å². The van der Waals surface area contributed by atoms with E-state index in [2.05, 4.69) is 23.1 Å². The molecule has 0 atom stereocenters. The quantitative estimate of drug-likeness (QED) is 0.663. The van der Waals surface area contributed by atoms with E-state index >= 15 is 0 Å². The van der Waals surface area contributed by atoms with Crippen LogP contribution in [0.2, 0.25) is 0 Å². The van der Waals surface area contributed by atoms with E-state index in [9.17, 15) is 0 Å². The Balaban J connectivity index is 1.84. The van der Waals surface area contributed by atoms with Gasteiger partial charge in [0.05, 0.1) is 12.1 Å². The molecule has 4 heteroatoms. The molecule has 1 aliphatic carbocycles. The molecule has 0 amide bonds. The highest BCUT2D eigenvalue weighted by Gasteiger charge is 2.21. The first kappa shape index (κ1) is 11.9. The van der Waals surface area contributed by atoms with Gasteiger partial charge in [-0.2, -0.15) is 0 Å². The lowest BCUT2D eigenvalue weighted by molar-refractivity contribution is 0.0718. The van der Waals surface area contributed by atoms with Crippen LogP contribution in [0.4, 0.5) is 5.69 Å². The van der Waals surface area contributed by atoms with Gasteiger partial charge in [0, 0.05) is 22.2 Å². The third-order valence-electron chi connectivity index (χ3n) is 3.37. The van der Waals surface area contributed by atoms with Crippen molar-refractivity contribution >= 4 is 28.4 Å². The van der Waals surface area contributed by atoms with Gasteiger partial charge in [-0.25, -0.2) is 0 Å². The van der Waals surface area contributed by atoms with Crippen molar-refractivity contribution in [1.82, 2.24) is 4.57 Å². The summed E-state index contributed by atoms with van der Waals surface area (Å²) in [7, 11) is 0. The number of nitrogens with two attached hydrogens (primary N) is 1. The van der Waals surface area contributed by atoms with Crippen molar-refractivity contribution in [1.29, 1.82) is 0 Å². The predicted molar refractivity (Wildman–Crippen MR) is 76.8 cm³/mol. The summed E-state index contributed by atoms with van der Waals surface area (Å²) in [5.74, 6) is 0.804. The fraction of sp³-hybridized carbons (Fsp3) is 0.429. The fourth-order valence-corrected chi connectivity index (χ4v) is 2.81. The first-order valence-electron chi connectivity index (χ1n) is 6.28. The van der Waals surface area contributed by atoms with Crippen molar-refractivity contribution < 1.29 is 4.74 Å². The molecule has 1 saturated carbocycles. The second-order valence-electron chi connectivity index (χ2n) is 4.88. The Morgan fingerprint density at radius 2 is 2.28 bits per heavy atom. The smallest absolute Gasteiger partial charge is 0.122 e. The molecular formula is C14H18N2OS. The zero-order valence-corrected chi connectivity index (χ0v) is 11.4. The number of aromatic nitrogens is 1. The van der Waals surface area contributed by atoms with E-state index in [1.165, 1.54) is 23.1 Å². The summed E-state index contributed by atoms with van der Waals surface area (Å²) in [5.41, 5.74) is 7.92. The summed E-state index contributed by atoms with van der Waals surface area (Å²) in [6, 6.07) is 6.19. The second kappa shape index (κ2) is 4.86. The molecule has 96 valence electrons. The van der Waals surface area contributed by atoms with Crippen molar-refractivity contribution in [3.63, 3.8) is 0 Å². The van der Waals surface area contributed by atoms with Crippen LogP contribution in [0.15, 0.2) is 29.3 Å². The number of hydrogen-bond donors (Lipinski definition) is 1. The number of fused-ring (bicyclic) bond motifs is 1. The fourth-order valence-electron chi connectivity index (χ4n) is 2.17. The highest BCUT2D eigenvalue weighted by Crippen LogP contribution is 2.31. The first-order valence-corrected chi connectivity index (χ1v) is 7.50. The van der Waals surface area contributed by atoms with E-state index in [0.717, 1.165) is 23.7 Å². The second-order valence-corrected chi connectivity index (χ2v) is 5.73. The SMILES string of the molecule is CSc1cc(N)cc2c1ccn2COCC1CC1. The molecule has 0 unspecified atom stereocenters. The zero-order chi connectivity index (χ0) is 12.5. The Morgan fingerprint density at radius 1 is 1.44 bits per heavy atom. The molecule has 2 aromatic rings. The molecule has 1 aromatic heterocycles.